The van der Waals surface area contributed by atoms with Gasteiger partial charge in [-0.05, 0) is 28.7 Å². The Morgan fingerprint density at radius 3 is 2.34 bits per heavy atom. The van der Waals surface area contributed by atoms with Gasteiger partial charge in [0, 0.05) is 18.1 Å². The van der Waals surface area contributed by atoms with Crippen molar-refractivity contribution in [3.8, 4) is 28.3 Å². The van der Waals surface area contributed by atoms with Crippen LogP contribution in [0.2, 0.25) is 0 Å². The third-order valence-electron chi connectivity index (χ3n) is 7.62. The number of halogens is 2. The van der Waals surface area contributed by atoms with Crippen molar-refractivity contribution in [1.82, 2.24) is 9.97 Å². The summed E-state index contributed by atoms with van der Waals surface area (Å²) in [5, 5.41) is 19.3. The summed E-state index contributed by atoms with van der Waals surface area (Å²) in [5.74, 6) is -1.48. The molecule has 0 bridgehead atoms. The summed E-state index contributed by atoms with van der Waals surface area (Å²) in [5.41, 5.74) is 2.26. The number of ether oxygens (including phenoxy) is 3. The van der Waals surface area contributed by atoms with Gasteiger partial charge in [-0.1, -0.05) is 55.5 Å². The van der Waals surface area contributed by atoms with Gasteiger partial charge in [-0.15, -0.1) is 0 Å². The third-order valence-corrected chi connectivity index (χ3v) is 7.62. The maximum Gasteiger partial charge on any atom is 0.295 e. The maximum atomic E-state index is 15.5. The van der Waals surface area contributed by atoms with Crippen LogP contribution in [0.5, 0.6) is 6.01 Å². The lowest BCUT2D eigenvalue weighted by Crippen LogP contribution is -2.32. The number of H-pyrrole nitrogens is 1. The molecule has 4 aromatic rings. The number of benzene rings is 3. The highest BCUT2D eigenvalue weighted by atomic mass is 19.1. The van der Waals surface area contributed by atoms with Crippen LogP contribution in [0.3, 0.4) is 0 Å². The number of aromatic nitrogens is 2. The van der Waals surface area contributed by atoms with Gasteiger partial charge in [0.15, 0.2) is 11.9 Å². The summed E-state index contributed by atoms with van der Waals surface area (Å²) in [6, 6.07) is 15.7. The number of fused-ring (bicyclic) bond motifs is 2. The molecule has 38 heavy (non-hydrogen) atoms. The van der Waals surface area contributed by atoms with E-state index in [9.17, 15) is 10.2 Å². The molecule has 0 spiro atoms. The van der Waals surface area contributed by atoms with E-state index in [-0.39, 0.29) is 54.1 Å². The van der Waals surface area contributed by atoms with Crippen LogP contribution in [0, 0.1) is 11.6 Å². The van der Waals surface area contributed by atoms with Gasteiger partial charge < -0.3 is 29.4 Å². The Bertz CT molecular complexity index is 1450. The van der Waals surface area contributed by atoms with Gasteiger partial charge in [0.1, 0.15) is 17.4 Å². The molecule has 9 heteroatoms. The monoisotopic (exact) mass is 522 g/mol. The first-order valence-corrected chi connectivity index (χ1v) is 12.6. The van der Waals surface area contributed by atoms with Gasteiger partial charge in [-0.2, -0.15) is 4.98 Å². The molecule has 3 atom stereocenters. The van der Waals surface area contributed by atoms with Crippen molar-refractivity contribution in [3.63, 3.8) is 0 Å². The summed E-state index contributed by atoms with van der Waals surface area (Å²) in [4.78, 5) is 7.12. The Morgan fingerprint density at radius 2 is 1.66 bits per heavy atom. The normalized spacial score (nSPS) is 21.2. The summed E-state index contributed by atoms with van der Waals surface area (Å²) < 4.78 is 47.9. The van der Waals surface area contributed by atoms with E-state index >= 15 is 8.78 Å². The first kappa shape index (κ1) is 24.9. The second-order valence-corrected chi connectivity index (χ2v) is 10.2. The molecule has 2 saturated heterocycles. The van der Waals surface area contributed by atoms with Crippen LogP contribution in [-0.4, -0.2) is 64.9 Å². The molecular weight excluding hydrogens is 494 g/mol. The molecule has 3 N–H and O–H groups in total. The average Bonchev–Trinajstić information content (AvgIpc) is 3.66. The topological polar surface area (TPSA) is 96.8 Å². The standard InChI is InChI=1S/C29H28F2N2O5/c1-29(14-34,15-35)19-8-6-17(7-9-19)16-2-4-18(5-3-16)24-20(30)12-21-26(25(24)31)33-28(32-21)38-23-13-37-22-10-11-36-27(22)23/h2-9,12,22-23,27,34-35H,10-11,13-15H2,1H3,(H,32,33)/t22?,23-,27?/m1/s1. The van der Waals surface area contributed by atoms with E-state index in [0.29, 0.717) is 18.8 Å². The Morgan fingerprint density at radius 1 is 1.00 bits per heavy atom. The summed E-state index contributed by atoms with van der Waals surface area (Å²) in [7, 11) is 0. The van der Waals surface area contributed by atoms with Crippen molar-refractivity contribution in [2.24, 2.45) is 0 Å². The molecule has 0 radical (unpaired) electrons. The average molecular weight is 523 g/mol. The van der Waals surface area contributed by atoms with Crippen molar-refractivity contribution < 1.29 is 33.2 Å². The zero-order valence-corrected chi connectivity index (χ0v) is 20.8. The Balaban J connectivity index is 1.25. The fourth-order valence-electron chi connectivity index (χ4n) is 5.18. The van der Waals surface area contributed by atoms with E-state index in [4.69, 9.17) is 14.2 Å². The highest BCUT2D eigenvalue weighted by Crippen LogP contribution is 2.35. The Labute approximate surface area is 218 Å². The maximum absolute atomic E-state index is 15.5. The number of nitrogens with one attached hydrogen (secondary N) is 1. The summed E-state index contributed by atoms with van der Waals surface area (Å²) >= 11 is 0. The minimum atomic E-state index is -0.770. The number of hydrogen-bond donors (Lipinski definition) is 3. The smallest absolute Gasteiger partial charge is 0.295 e. The van der Waals surface area contributed by atoms with Gasteiger partial charge in [0.25, 0.3) is 6.01 Å². The van der Waals surface area contributed by atoms with Crippen molar-refractivity contribution in [3.05, 3.63) is 71.8 Å². The van der Waals surface area contributed by atoms with Crippen LogP contribution in [-0.2, 0) is 14.9 Å². The number of nitrogens with zero attached hydrogens (tertiary/aromatic N) is 1. The molecule has 198 valence electrons. The molecule has 6 rings (SSSR count). The number of imidazole rings is 1. The number of hydrogen-bond acceptors (Lipinski definition) is 6. The van der Waals surface area contributed by atoms with Crippen LogP contribution >= 0.6 is 0 Å². The van der Waals surface area contributed by atoms with Gasteiger partial charge in [-0.3, -0.25) is 0 Å². The van der Waals surface area contributed by atoms with Crippen LogP contribution in [0.25, 0.3) is 33.3 Å². The molecule has 2 aliphatic heterocycles. The van der Waals surface area contributed by atoms with Crippen LogP contribution in [0.4, 0.5) is 8.78 Å². The van der Waals surface area contributed by atoms with E-state index in [1.165, 1.54) is 6.07 Å². The second-order valence-electron chi connectivity index (χ2n) is 10.2. The van der Waals surface area contributed by atoms with E-state index in [1.54, 1.807) is 31.2 Å². The molecule has 3 aromatic carbocycles. The second kappa shape index (κ2) is 9.74. The van der Waals surface area contributed by atoms with Crippen molar-refractivity contribution in [1.29, 1.82) is 0 Å². The van der Waals surface area contributed by atoms with E-state index in [0.717, 1.165) is 23.1 Å². The molecule has 2 unspecified atom stereocenters. The molecular formula is C29H28F2N2O5. The minimum Gasteiger partial charge on any atom is -0.456 e. The van der Waals surface area contributed by atoms with Gasteiger partial charge in [0.05, 0.1) is 37.0 Å². The molecule has 0 amide bonds. The zero-order valence-electron chi connectivity index (χ0n) is 20.8. The summed E-state index contributed by atoms with van der Waals surface area (Å²) in [6.07, 6.45) is 0.250. The quantitative estimate of drug-likeness (QED) is 0.334. The van der Waals surface area contributed by atoms with E-state index in [2.05, 4.69) is 9.97 Å². The zero-order chi connectivity index (χ0) is 26.4. The lowest BCUT2D eigenvalue weighted by Gasteiger charge is -2.25. The van der Waals surface area contributed by atoms with E-state index < -0.39 is 17.0 Å². The molecule has 0 saturated carbocycles. The van der Waals surface area contributed by atoms with Gasteiger partial charge >= 0.3 is 0 Å². The molecule has 2 fully saturated rings. The largest absolute Gasteiger partial charge is 0.456 e. The predicted octanol–water partition coefficient (Wildman–Crippen LogP) is 4.35. The highest BCUT2D eigenvalue weighted by Gasteiger charge is 2.43. The minimum absolute atomic E-state index is 0.00492. The van der Waals surface area contributed by atoms with Crippen LogP contribution in [0.1, 0.15) is 18.9 Å². The number of aliphatic hydroxyl groups excluding tert-OH is 2. The number of aromatic amines is 1. The lowest BCUT2D eigenvalue weighted by atomic mass is 9.83. The van der Waals surface area contributed by atoms with Crippen molar-refractivity contribution in [2.75, 3.05) is 26.4 Å². The fourth-order valence-corrected chi connectivity index (χ4v) is 5.18. The van der Waals surface area contributed by atoms with Gasteiger partial charge in [0.2, 0.25) is 0 Å². The van der Waals surface area contributed by atoms with Crippen molar-refractivity contribution in [2.45, 2.75) is 37.1 Å². The predicted molar refractivity (Wildman–Crippen MR) is 137 cm³/mol. The Hall–Kier alpha value is -3.37. The number of rotatable bonds is 7. The van der Waals surface area contributed by atoms with Crippen LogP contribution < -0.4 is 4.74 Å². The highest BCUT2D eigenvalue weighted by molar-refractivity contribution is 5.84. The van der Waals surface area contributed by atoms with Gasteiger partial charge in [-0.25, -0.2) is 8.78 Å². The number of aliphatic hydroxyl groups is 2. The molecule has 7 nitrogen and oxygen atoms in total. The first-order valence-electron chi connectivity index (χ1n) is 12.6. The SMILES string of the molecule is CC(CO)(CO)c1ccc(-c2ccc(-c3c(F)cc4[nH]c(O[C@@H]5COC6CCOC65)nc4c3F)cc2)cc1. The molecule has 3 heterocycles. The molecule has 2 aliphatic rings. The fraction of sp³-hybridized carbons (Fsp3) is 0.345. The molecule has 0 aliphatic carbocycles. The lowest BCUT2D eigenvalue weighted by molar-refractivity contribution is 0.0273. The van der Waals surface area contributed by atoms with Crippen molar-refractivity contribution >= 4 is 11.0 Å². The third kappa shape index (κ3) is 4.25. The Kier molecular flexibility index (Phi) is 6.39. The molecule has 1 aromatic heterocycles. The summed E-state index contributed by atoms with van der Waals surface area (Å²) in [6.45, 7) is 2.40. The first-order chi connectivity index (χ1) is 18.4. The van der Waals surface area contributed by atoms with E-state index in [1.807, 2.05) is 24.3 Å². The van der Waals surface area contributed by atoms with Crippen LogP contribution in [0.15, 0.2) is 54.6 Å².